The number of nitrogens with zero attached hydrogens (tertiary/aromatic N) is 2. The highest BCUT2D eigenvalue weighted by atomic mass is 28.4. The van der Waals surface area contributed by atoms with E-state index in [2.05, 4.69) is 56.7 Å². The standard InChI is InChI=1S/C23H33N3O2Si/c1-17-22(13-20(14-24)26(17)15-18-11-12-27-16-18)25-19-7-9-21(10-8-19)28-29(5,6)23(2,3)4/h7-10,13,18,25H,11-12,15-16H2,1-6H3/t18-/m0/s1. The Bertz CT molecular complexity index is 883. The summed E-state index contributed by atoms with van der Waals surface area (Å²) < 4.78 is 14.0. The van der Waals surface area contributed by atoms with E-state index >= 15 is 0 Å². The maximum absolute atomic E-state index is 9.56. The summed E-state index contributed by atoms with van der Waals surface area (Å²) in [6.07, 6.45) is 1.06. The minimum atomic E-state index is -1.84. The maximum atomic E-state index is 9.56. The van der Waals surface area contributed by atoms with E-state index in [0.29, 0.717) is 11.6 Å². The number of nitrogens with one attached hydrogen (secondary N) is 1. The van der Waals surface area contributed by atoms with Crippen molar-refractivity contribution < 1.29 is 9.16 Å². The monoisotopic (exact) mass is 411 g/mol. The molecule has 0 spiro atoms. The van der Waals surface area contributed by atoms with Crippen LogP contribution < -0.4 is 9.74 Å². The second kappa shape index (κ2) is 8.25. The number of rotatable bonds is 6. The van der Waals surface area contributed by atoms with Gasteiger partial charge in [0.05, 0.1) is 12.3 Å². The van der Waals surface area contributed by atoms with Gasteiger partial charge in [-0.3, -0.25) is 0 Å². The SMILES string of the molecule is Cc1c(Nc2ccc(O[Si](C)(C)C(C)(C)C)cc2)cc(C#N)n1C[C@@H]1CCOC1. The summed E-state index contributed by atoms with van der Waals surface area (Å²) in [6, 6.07) is 12.4. The van der Waals surface area contributed by atoms with Crippen LogP contribution in [0.5, 0.6) is 5.75 Å². The van der Waals surface area contributed by atoms with Gasteiger partial charge >= 0.3 is 0 Å². The van der Waals surface area contributed by atoms with Gasteiger partial charge in [0.2, 0.25) is 8.32 Å². The average molecular weight is 412 g/mol. The fourth-order valence-corrected chi connectivity index (χ4v) is 4.33. The lowest BCUT2D eigenvalue weighted by Crippen LogP contribution is -2.43. The molecular formula is C23H33N3O2Si. The van der Waals surface area contributed by atoms with Crippen LogP contribution in [-0.4, -0.2) is 26.1 Å². The Morgan fingerprint density at radius 2 is 1.97 bits per heavy atom. The van der Waals surface area contributed by atoms with E-state index in [1.807, 2.05) is 30.3 Å². The number of aromatic nitrogens is 1. The molecule has 29 heavy (non-hydrogen) atoms. The number of hydrogen-bond acceptors (Lipinski definition) is 4. The van der Waals surface area contributed by atoms with Crippen LogP contribution in [0.1, 0.15) is 38.6 Å². The van der Waals surface area contributed by atoms with Gasteiger partial charge in [-0.05, 0) is 61.8 Å². The molecule has 0 bridgehead atoms. The number of anilines is 2. The molecule has 1 aromatic carbocycles. The molecule has 1 aliphatic rings. The Hall–Kier alpha value is -2.23. The maximum Gasteiger partial charge on any atom is 0.250 e. The second-order valence-electron chi connectivity index (χ2n) is 9.49. The van der Waals surface area contributed by atoms with E-state index < -0.39 is 8.32 Å². The molecular weight excluding hydrogens is 378 g/mol. The number of nitriles is 1. The van der Waals surface area contributed by atoms with Crippen molar-refractivity contribution in [2.75, 3.05) is 18.5 Å². The van der Waals surface area contributed by atoms with Crippen LogP contribution >= 0.6 is 0 Å². The Morgan fingerprint density at radius 1 is 1.28 bits per heavy atom. The zero-order chi connectivity index (χ0) is 21.2. The van der Waals surface area contributed by atoms with Crippen molar-refractivity contribution >= 4 is 19.7 Å². The zero-order valence-electron chi connectivity index (χ0n) is 18.5. The number of hydrogen-bond donors (Lipinski definition) is 1. The van der Waals surface area contributed by atoms with Crippen molar-refractivity contribution in [3.63, 3.8) is 0 Å². The first-order valence-electron chi connectivity index (χ1n) is 10.3. The van der Waals surface area contributed by atoms with Crippen LogP contribution in [0, 0.1) is 24.2 Å². The Morgan fingerprint density at radius 3 is 2.52 bits per heavy atom. The normalized spacial score (nSPS) is 17.2. The Balaban J connectivity index is 1.73. The summed E-state index contributed by atoms with van der Waals surface area (Å²) in [5.41, 5.74) is 3.73. The molecule has 1 saturated heterocycles. The van der Waals surface area contributed by atoms with Crippen molar-refractivity contribution in [2.24, 2.45) is 5.92 Å². The number of benzene rings is 1. The summed E-state index contributed by atoms with van der Waals surface area (Å²) >= 11 is 0. The molecule has 0 radical (unpaired) electrons. The molecule has 3 rings (SSSR count). The van der Waals surface area contributed by atoms with E-state index in [-0.39, 0.29) is 5.04 Å². The lowest BCUT2D eigenvalue weighted by atomic mass is 10.1. The van der Waals surface area contributed by atoms with Gasteiger partial charge < -0.3 is 19.0 Å². The molecule has 0 amide bonds. The lowest BCUT2D eigenvalue weighted by molar-refractivity contribution is 0.182. The van der Waals surface area contributed by atoms with Crippen LogP contribution in [0.3, 0.4) is 0 Å². The molecule has 0 aliphatic carbocycles. The van der Waals surface area contributed by atoms with Crippen molar-refractivity contribution in [1.29, 1.82) is 5.26 Å². The van der Waals surface area contributed by atoms with E-state index in [4.69, 9.17) is 9.16 Å². The zero-order valence-corrected chi connectivity index (χ0v) is 19.5. The highest BCUT2D eigenvalue weighted by Gasteiger charge is 2.38. The third kappa shape index (κ3) is 4.85. The molecule has 5 nitrogen and oxygen atoms in total. The van der Waals surface area contributed by atoms with Gasteiger partial charge in [0.25, 0.3) is 0 Å². The van der Waals surface area contributed by atoms with Crippen molar-refractivity contribution in [3.8, 4) is 11.8 Å². The van der Waals surface area contributed by atoms with Gasteiger partial charge in [-0.2, -0.15) is 5.26 Å². The minimum Gasteiger partial charge on any atom is -0.544 e. The summed E-state index contributed by atoms with van der Waals surface area (Å²) in [6.45, 7) is 15.7. The molecule has 1 aromatic heterocycles. The average Bonchev–Trinajstić information content (AvgIpc) is 3.26. The third-order valence-corrected chi connectivity index (χ3v) is 10.6. The number of ether oxygens (including phenoxy) is 1. The van der Waals surface area contributed by atoms with Crippen LogP contribution in [-0.2, 0) is 11.3 Å². The van der Waals surface area contributed by atoms with Crippen molar-refractivity contribution in [2.45, 2.75) is 58.8 Å². The van der Waals surface area contributed by atoms with Gasteiger partial charge in [0, 0.05) is 30.5 Å². The molecule has 1 N–H and O–H groups in total. The highest BCUT2D eigenvalue weighted by molar-refractivity contribution is 6.74. The molecule has 1 aliphatic heterocycles. The molecule has 6 heteroatoms. The van der Waals surface area contributed by atoms with E-state index in [9.17, 15) is 5.26 Å². The molecule has 1 fully saturated rings. The van der Waals surface area contributed by atoms with Crippen LogP contribution in [0.2, 0.25) is 18.1 Å². The van der Waals surface area contributed by atoms with Crippen molar-refractivity contribution in [1.82, 2.24) is 4.57 Å². The minimum absolute atomic E-state index is 0.169. The van der Waals surface area contributed by atoms with E-state index in [1.165, 1.54) is 0 Å². The first-order chi connectivity index (χ1) is 13.6. The fraction of sp³-hybridized carbons (Fsp3) is 0.522. The van der Waals surface area contributed by atoms with Crippen molar-refractivity contribution in [3.05, 3.63) is 41.7 Å². The third-order valence-electron chi connectivity index (χ3n) is 6.26. The van der Waals surface area contributed by atoms with Gasteiger partial charge in [0.15, 0.2) is 0 Å². The van der Waals surface area contributed by atoms with Gasteiger partial charge in [-0.1, -0.05) is 20.8 Å². The van der Waals surface area contributed by atoms with Gasteiger partial charge in [-0.15, -0.1) is 0 Å². The molecule has 2 aromatic rings. The molecule has 156 valence electrons. The van der Waals surface area contributed by atoms with Crippen LogP contribution in [0.4, 0.5) is 11.4 Å². The summed E-state index contributed by atoms with van der Waals surface area (Å²) in [4.78, 5) is 0. The predicted octanol–water partition coefficient (Wildman–Crippen LogP) is 5.83. The molecule has 2 heterocycles. The molecule has 0 unspecified atom stereocenters. The van der Waals surface area contributed by atoms with E-state index in [0.717, 1.165) is 49.0 Å². The van der Waals surface area contributed by atoms with E-state index in [1.54, 1.807) is 0 Å². The second-order valence-corrected chi connectivity index (χ2v) is 14.2. The van der Waals surface area contributed by atoms with Crippen LogP contribution in [0.25, 0.3) is 0 Å². The first kappa shape index (κ1) is 21.5. The van der Waals surface area contributed by atoms with Crippen LogP contribution in [0.15, 0.2) is 30.3 Å². The molecule has 1 atom stereocenters. The lowest BCUT2D eigenvalue weighted by Gasteiger charge is -2.36. The summed E-state index contributed by atoms with van der Waals surface area (Å²) in [5.74, 6) is 1.39. The highest BCUT2D eigenvalue weighted by Crippen LogP contribution is 2.37. The topological polar surface area (TPSA) is 59.2 Å². The fourth-order valence-electron chi connectivity index (χ4n) is 3.29. The smallest absolute Gasteiger partial charge is 0.250 e. The van der Waals surface area contributed by atoms with Gasteiger partial charge in [-0.25, -0.2) is 0 Å². The molecule has 0 saturated carbocycles. The first-order valence-corrected chi connectivity index (χ1v) is 13.3. The predicted molar refractivity (Wildman–Crippen MR) is 120 cm³/mol. The Labute approximate surface area is 175 Å². The quantitative estimate of drug-likeness (QED) is 0.607. The summed E-state index contributed by atoms with van der Waals surface area (Å²) in [7, 11) is -1.84. The largest absolute Gasteiger partial charge is 0.544 e. The summed E-state index contributed by atoms with van der Waals surface area (Å²) in [5, 5.41) is 13.2. The Kier molecular flexibility index (Phi) is 6.11. The van der Waals surface area contributed by atoms with Gasteiger partial charge in [0.1, 0.15) is 17.5 Å².